The highest BCUT2D eigenvalue weighted by molar-refractivity contribution is 7.91. The van der Waals surface area contributed by atoms with Gasteiger partial charge in [-0.1, -0.05) is 0 Å². The normalized spacial score (nSPS) is 19.3. The minimum atomic E-state index is -3.49. The van der Waals surface area contributed by atoms with Crippen LogP contribution in [0.2, 0.25) is 0 Å². The zero-order valence-electron chi connectivity index (χ0n) is 11.4. The molecule has 0 amide bonds. The summed E-state index contributed by atoms with van der Waals surface area (Å²) in [5, 5.41) is 0. The summed E-state index contributed by atoms with van der Waals surface area (Å²) in [6, 6.07) is 3.15. The average Bonchev–Trinajstić information content (AvgIpc) is 2.76. The number of hydrogen-bond acceptors (Lipinski definition) is 5. The summed E-state index contributed by atoms with van der Waals surface area (Å²) in [6.07, 6.45) is 2.17. The third-order valence-corrected chi connectivity index (χ3v) is 7.54. The minimum Gasteiger partial charge on any atom is -0.213 e. The number of thiophene rings is 1. The van der Waals surface area contributed by atoms with E-state index in [0.717, 1.165) is 4.88 Å². The fourth-order valence-corrected chi connectivity index (χ4v) is 5.62. The Balaban J connectivity index is 1.99. The van der Waals surface area contributed by atoms with Crippen LogP contribution in [-0.4, -0.2) is 46.5 Å². The largest absolute Gasteiger partial charge is 0.250 e. The molecule has 1 aromatic heterocycles. The van der Waals surface area contributed by atoms with Crippen molar-refractivity contribution in [2.24, 2.45) is 0 Å². The van der Waals surface area contributed by atoms with Crippen LogP contribution < -0.4 is 4.72 Å². The predicted octanol–water partition coefficient (Wildman–Crippen LogP) is 0.759. The molecule has 1 aliphatic heterocycles. The van der Waals surface area contributed by atoms with Crippen LogP contribution in [0, 0.1) is 6.92 Å². The summed E-state index contributed by atoms with van der Waals surface area (Å²) in [7, 11) is -6.68. The van der Waals surface area contributed by atoms with E-state index < -0.39 is 20.0 Å². The number of sulfonamides is 2. The van der Waals surface area contributed by atoms with E-state index in [1.165, 1.54) is 21.9 Å². The van der Waals surface area contributed by atoms with Crippen LogP contribution >= 0.6 is 11.3 Å². The highest BCUT2D eigenvalue weighted by Gasteiger charge is 2.28. The summed E-state index contributed by atoms with van der Waals surface area (Å²) >= 11 is 1.23. The highest BCUT2D eigenvalue weighted by atomic mass is 32.2. The molecule has 0 bridgehead atoms. The lowest BCUT2D eigenvalue weighted by atomic mass is 10.1. The van der Waals surface area contributed by atoms with Crippen molar-refractivity contribution in [1.82, 2.24) is 9.03 Å². The van der Waals surface area contributed by atoms with Crippen LogP contribution in [-0.2, 0) is 20.0 Å². The molecule has 1 N–H and O–H groups in total. The molecule has 0 atom stereocenters. The maximum Gasteiger partial charge on any atom is 0.250 e. The van der Waals surface area contributed by atoms with E-state index in [9.17, 15) is 16.8 Å². The number of rotatable bonds is 4. The van der Waals surface area contributed by atoms with E-state index in [-0.39, 0.29) is 6.04 Å². The van der Waals surface area contributed by atoms with E-state index in [1.807, 2.05) is 6.92 Å². The average molecular weight is 338 g/mol. The van der Waals surface area contributed by atoms with Crippen molar-refractivity contribution in [2.75, 3.05) is 19.3 Å². The van der Waals surface area contributed by atoms with Gasteiger partial charge in [0.05, 0.1) is 6.26 Å². The lowest BCUT2D eigenvalue weighted by molar-refractivity contribution is 0.310. The second-order valence-corrected chi connectivity index (χ2v) is 10.1. The number of piperidine rings is 1. The van der Waals surface area contributed by atoms with Crippen molar-refractivity contribution in [2.45, 2.75) is 30.0 Å². The molecule has 2 heterocycles. The Morgan fingerprint density at radius 3 is 2.25 bits per heavy atom. The SMILES string of the molecule is Cc1ccc(S(=O)(=O)NC2CCN(S(C)(=O)=O)CC2)s1. The fraction of sp³-hybridized carbons (Fsp3) is 0.636. The van der Waals surface area contributed by atoms with Gasteiger partial charge in [-0.05, 0) is 31.9 Å². The Bertz CT molecular complexity index is 670. The van der Waals surface area contributed by atoms with E-state index >= 15 is 0 Å². The zero-order chi connectivity index (χ0) is 15.0. The Labute approximate surface area is 123 Å². The lowest BCUT2D eigenvalue weighted by Gasteiger charge is -2.30. The molecule has 0 aliphatic carbocycles. The first-order valence-electron chi connectivity index (χ1n) is 6.22. The summed E-state index contributed by atoms with van der Waals surface area (Å²) in [4.78, 5) is 0.942. The molecule has 2 rings (SSSR count). The zero-order valence-corrected chi connectivity index (χ0v) is 13.8. The molecule has 20 heavy (non-hydrogen) atoms. The maximum absolute atomic E-state index is 12.2. The van der Waals surface area contributed by atoms with Crippen molar-refractivity contribution in [3.05, 3.63) is 17.0 Å². The molecule has 0 spiro atoms. The predicted molar refractivity (Wildman–Crippen MR) is 78.8 cm³/mol. The smallest absolute Gasteiger partial charge is 0.213 e. The van der Waals surface area contributed by atoms with Gasteiger partial charge in [-0.3, -0.25) is 0 Å². The van der Waals surface area contributed by atoms with Gasteiger partial charge in [0, 0.05) is 24.0 Å². The van der Waals surface area contributed by atoms with Gasteiger partial charge in [0.15, 0.2) is 0 Å². The molecule has 0 aromatic carbocycles. The van der Waals surface area contributed by atoms with Crippen molar-refractivity contribution >= 4 is 31.4 Å². The molecule has 114 valence electrons. The van der Waals surface area contributed by atoms with Crippen molar-refractivity contribution in [3.8, 4) is 0 Å². The van der Waals surface area contributed by atoms with Gasteiger partial charge < -0.3 is 0 Å². The lowest BCUT2D eigenvalue weighted by Crippen LogP contribution is -2.46. The molecule has 1 aromatic rings. The summed E-state index contributed by atoms with van der Waals surface area (Å²) < 4.78 is 51.4. The van der Waals surface area contributed by atoms with E-state index in [0.29, 0.717) is 30.1 Å². The third kappa shape index (κ3) is 3.79. The number of nitrogens with one attached hydrogen (secondary N) is 1. The third-order valence-electron chi connectivity index (χ3n) is 3.23. The second-order valence-electron chi connectivity index (χ2n) is 4.92. The monoisotopic (exact) mass is 338 g/mol. The van der Waals surface area contributed by atoms with Gasteiger partial charge in [-0.2, -0.15) is 0 Å². The van der Waals surface area contributed by atoms with Crippen LogP contribution in [0.15, 0.2) is 16.3 Å². The van der Waals surface area contributed by atoms with Crippen molar-refractivity contribution in [3.63, 3.8) is 0 Å². The molecular weight excluding hydrogens is 320 g/mol. The van der Waals surface area contributed by atoms with Crippen LogP contribution in [0.3, 0.4) is 0 Å². The highest BCUT2D eigenvalue weighted by Crippen LogP contribution is 2.22. The van der Waals surface area contributed by atoms with Crippen molar-refractivity contribution < 1.29 is 16.8 Å². The molecule has 6 nitrogen and oxygen atoms in total. The Hall–Kier alpha value is -0.480. The fourth-order valence-electron chi connectivity index (χ4n) is 2.14. The first-order chi connectivity index (χ1) is 9.18. The van der Waals surface area contributed by atoms with Crippen LogP contribution in [0.5, 0.6) is 0 Å². The molecule has 0 saturated carbocycles. The van der Waals surface area contributed by atoms with Gasteiger partial charge in [-0.25, -0.2) is 25.9 Å². The second kappa shape index (κ2) is 5.72. The van der Waals surface area contributed by atoms with Crippen molar-refractivity contribution in [1.29, 1.82) is 0 Å². The molecule has 1 aliphatic rings. The summed E-state index contributed by atoms with van der Waals surface area (Å²) in [5.74, 6) is 0. The van der Waals surface area contributed by atoms with Gasteiger partial charge in [0.25, 0.3) is 0 Å². The Kier molecular flexibility index (Phi) is 4.55. The topological polar surface area (TPSA) is 83.6 Å². The molecule has 1 saturated heterocycles. The number of aryl methyl sites for hydroxylation is 1. The Morgan fingerprint density at radius 2 is 1.80 bits per heavy atom. The van der Waals surface area contributed by atoms with Gasteiger partial charge in [0.2, 0.25) is 20.0 Å². The maximum atomic E-state index is 12.2. The summed E-state index contributed by atoms with van der Waals surface area (Å²) in [5.41, 5.74) is 0. The standard InChI is InChI=1S/C11H18N2O4S3/c1-9-3-4-11(18-9)20(16,17)12-10-5-7-13(8-6-10)19(2,14)15/h3-4,10,12H,5-8H2,1-2H3. The number of hydrogen-bond donors (Lipinski definition) is 1. The van der Waals surface area contributed by atoms with Crippen LogP contribution in [0.4, 0.5) is 0 Å². The quantitative estimate of drug-likeness (QED) is 0.878. The Morgan fingerprint density at radius 1 is 1.20 bits per heavy atom. The minimum absolute atomic E-state index is 0.208. The van der Waals surface area contributed by atoms with Gasteiger partial charge in [-0.15, -0.1) is 11.3 Å². The summed E-state index contributed by atoms with van der Waals surface area (Å²) in [6.45, 7) is 2.57. The molecule has 1 fully saturated rings. The molecule has 0 unspecified atom stereocenters. The van der Waals surface area contributed by atoms with Crippen LogP contribution in [0.1, 0.15) is 17.7 Å². The first-order valence-corrected chi connectivity index (χ1v) is 10.4. The van der Waals surface area contributed by atoms with Crippen LogP contribution in [0.25, 0.3) is 0 Å². The van der Waals surface area contributed by atoms with Gasteiger partial charge in [0.1, 0.15) is 4.21 Å². The molecule has 9 heteroatoms. The number of nitrogens with zero attached hydrogens (tertiary/aromatic N) is 1. The van der Waals surface area contributed by atoms with Gasteiger partial charge >= 0.3 is 0 Å². The van der Waals surface area contributed by atoms with E-state index in [2.05, 4.69) is 4.72 Å². The molecule has 0 radical (unpaired) electrons. The first kappa shape index (κ1) is 15.9. The van der Waals surface area contributed by atoms with E-state index in [4.69, 9.17) is 0 Å². The molecular formula is C11H18N2O4S3. The van der Waals surface area contributed by atoms with E-state index in [1.54, 1.807) is 12.1 Å².